The van der Waals surface area contributed by atoms with E-state index in [0.717, 1.165) is 9.95 Å². The number of furan rings is 1. The van der Waals surface area contributed by atoms with Gasteiger partial charge >= 0.3 is 0 Å². The smallest absolute Gasteiger partial charge is 0.238 e. The maximum Gasteiger partial charge on any atom is 0.238 e. The average molecular weight is 621 g/mol. The predicted octanol–water partition coefficient (Wildman–Crippen LogP) is 10.5. The molecule has 222 valence electrons. The van der Waals surface area contributed by atoms with E-state index in [0.29, 0.717) is 27.7 Å². The highest BCUT2D eigenvalue weighted by atomic mass is 16.3. The van der Waals surface area contributed by atoms with Crippen LogP contribution in [0, 0.1) is 0 Å². The van der Waals surface area contributed by atoms with Crippen molar-refractivity contribution >= 4 is 43.7 Å². The molecule has 0 N–H and O–H groups in total. The van der Waals surface area contributed by atoms with E-state index in [1.165, 1.54) is 0 Å². The Bertz CT molecular complexity index is 3490. The van der Waals surface area contributed by atoms with Gasteiger partial charge in [0.15, 0.2) is 11.6 Å². The lowest BCUT2D eigenvalue weighted by Gasteiger charge is -2.22. The second kappa shape index (κ2) is 9.47. The zero-order valence-corrected chi connectivity index (χ0v) is 24.1. The lowest BCUT2D eigenvalue weighted by atomic mass is 9.80. The zero-order chi connectivity index (χ0) is 45.0. The molecule has 0 saturated carbocycles. The van der Waals surface area contributed by atoms with Gasteiger partial charge in [0.2, 0.25) is 5.95 Å². The monoisotopic (exact) mass is 620 g/mol. The molecule has 5 heteroatoms. The average Bonchev–Trinajstić information content (AvgIpc) is 3.93. The molecule has 10 rings (SSSR count). The van der Waals surface area contributed by atoms with Gasteiger partial charge < -0.3 is 4.42 Å². The van der Waals surface area contributed by atoms with Crippen LogP contribution in [0.3, 0.4) is 0 Å². The molecule has 47 heavy (non-hydrogen) atoms. The molecular weight excluding hydrogens is 576 g/mol. The van der Waals surface area contributed by atoms with E-state index in [2.05, 4.69) is 0 Å². The van der Waals surface area contributed by atoms with Crippen LogP contribution >= 0.6 is 0 Å². The molecule has 0 spiro atoms. The Kier molecular flexibility index (Phi) is 3.03. The zero-order valence-electron chi connectivity index (χ0n) is 40.1. The Labute approximate surface area is 293 Å². The molecule has 1 aliphatic rings. The molecule has 0 unspecified atom stereocenters. The van der Waals surface area contributed by atoms with Crippen LogP contribution in [0.2, 0.25) is 0 Å². The third-order valence-corrected chi connectivity index (χ3v) is 8.59. The maximum atomic E-state index is 9.66. The molecule has 0 aliphatic heterocycles. The van der Waals surface area contributed by atoms with Crippen molar-refractivity contribution in [3.63, 3.8) is 0 Å². The number of fused-ring (bicyclic) bond motifs is 10. The minimum Gasteiger partial charge on any atom is -0.456 e. The van der Waals surface area contributed by atoms with Crippen molar-refractivity contribution in [2.75, 3.05) is 0 Å². The van der Waals surface area contributed by atoms with Crippen LogP contribution in [-0.4, -0.2) is 19.5 Å². The van der Waals surface area contributed by atoms with Gasteiger partial charge in [0.05, 0.1) is 24.7 Å². The number of rotatable bonds is 3. The van der Waals surface area contributed by atoms with Crippen molar-refractivity contribution in [1.82, 2.24) is 19.5 Å². The summed E-state index contributed by atoms with van der Waals surface area (Å²) in [5.74, 6) is -0.249. The molecule has 3 aromatic heterocycles. The Morgan fingerprint density at radius 1 is 0.617 bits per heavy atom. The van der Waals surface area contributed by atoms with Gasteiger partial charge in [-0.1, -0.05) is 123 Å². The third kappa shape index (κ3) is 3.62. The summed E-state index contributed by atoms with van der Waals surface area (Å²) in [6.45, 7) is -7.35. The standard InChI is InChI=1S/C42H28N4O/c1-42(2)31-19-9-6-15-26(31)27-23-24-33-37(38(27)42)28-16-7-10-20-32(28)46(33)41-44-39(25-13-4-3-5-14-25)43-40(45-41)30-18-12-22-35-36(30)29-17-8-11-21-34(29)47-35/h3-24H,1-2H3/i1D3,2D3,6D,7D,9D,10D,15D,16D,19D,20D,23D,24D. The topological polar surface area (TPSA) is 56.7 Å². The number of aromatic nitrogens is 4. The lowest BCUT2D eigenvalue weighted by Crippen LogP contribution is -2.15. The first kappa shape index (κ1) is 15.0. The SMILES string of the molecule is [2H]c1c([2H])c([2H])c2c(c1[2H])-c1c([2H])c([2H])c3c(c1C2(C([2H])([2H])[2H])C([2H])([2H])[2H])c1c([2H])c([2H])c([2H])c([2H])c1n3-c1nc(-c2ccccc2)nc(-c2cccc3oc4ccccc4c23)n1. The maximum absolute atomic E-state index is 9.66. The molecule has 0 amide bonds. The molecule has 6 aromatic carbocycles. The highest BCUT2D eigenvalue weighted by molar-refractivity contribution is 6.14. The molecule has 1 aliphatic carbocycles. The van der Waals surface area contributed by atoms with Crippen molar-refractivity contribution in [3.05, 3.63) is 144 Å². The molecule has 0 saturated heterocycles. The molecule has 0 fully saturated rings. The quantitative estimate of drug-likeness (QED) is 0.197. The molecule has 0 bridgehead atoms. The van der Waals surface area contributed by atoms with E-state index in [-0.39, 0.29) is 17.6 Å². The van der Waals surface area contributed by atoms with Crippen molar-refractivity contribution in [2.24, 2.45) is 0 Å². The minimum atomic E-state index is -3.67. The molecular formula is C42H28N4O. The fourth-order valence-corrected chi connectivity index (χ4v) is 6.60. The van der Waals surface area contributed by atoms with Crippen molar-refractivity contribution in [3.8, 4) is 39.9 Å². The Balaban J connectivity index is 1.47. The van der Waals surface area contributed by atoms with Crippen molar-refractivity contribution in [1.29, 1.82) is 0 Å². The third-order valence-electron chi connectivity index (χ3n) is 8.59. The first-order chi connectivity index (χ1) is 29.7. The van der Waals surface area contributed by atoms with E-state index in [9.17, 15) is 5.48 Å². The lowest BCUT2D eigenvalue weighted by molar-refractivity contribution is 0.666. The first-order valence-electron chi connectivity index (χ1n) is 22.7. The second-order valence-electron chi connectivity index (χ2n) is 11.2. The van der Waals surface area contributed by atoms with E-state index >= 15 is 0 Å². The Morgan fingerprint density at radius 3 is 2.32 bits per heavy atom. The van der Waals surface area contributed by atoms with Crippen LogP contribution < -0.4 is 0 Å². The summed E-state index contributed by atoms with van der Waals surface area (Å²) in [6, 6.07) is 13.0. The number of nitrogens with zero attached hydrogens (tertiary/aromatic N) is 4. The summed E-state index contributed by atoms with van der Waals surface area (Å²) in [4.78, 5) is 14.6. The number of para-hydroxylation sites is 2. The van der Waals surface area contributed by atoms with Crippen LogP contribution in [0.5, 0.6) is 0 Å². The Hall–Kier alpha value is -6.07. The van der Waals surface area contributed by atoms with E-state index in [1.54, 1.807) is 54.6 Å². The highest BCUT2D eigenvalue weighted by Crippen LogP contribution is 2.53. The van der Waals surface area contributed by atoms with Crippen molar-refractivity contribution in [2.45, 2.75) is 19.1 Å². The predicted molar refractivity (Wildman–Crippen MR) is 190 cm³/mol. The number of hydrogen-bond donors (Lipinski definition) is 0. The fourth-order valence-electron chi connectivity index (χ4n) is 6.60. The van der Waals surface area contributed by atoms with Gasteiger partial charge in [-0.05, 0) is 46.5 Å². The molecule has 0 atom stereocenters. The van der Waals surface area contributed by atoms with E-state index < -0.39 is 124 Å². The largest absolute Gasteiger partial charge is 0.456 e. The van der Waals surface area contributed by atoms with Gasteiger partial charge in [-0.3, -0.25) is 4.57 Å². The van der Waals surface area contributed by atoms with Crippen LogP contribution in [0.4, 0.5) is 0 Å². The molecule has 9 aromatic rings. The summed E-state index contributed by atoms with van der Waals surface area (Å²) in [7, 11) is 0. The highest BCUT2D eigenvalue weighted by Gasteiger charge is 2.38. The molecule has 5 nitrogen and oxygen atoms in total. The minimum absolute atomic E-state index is 0.0426. The summed E-state index contributed by atoms with van der Waals surface area (Å²) < 4.78 is 152. The van der Waals surface area contributed by atoms with Gasteiger partial charge in [-0.15, -0.1) is 0 Å². The number of benzene rings is 6. The van der Waals surface area contributed by atoms with Crippen LogP contribution in [-0.2, 0) is 5.41 Å². The fraction of sp³-hybridized carbons (Fsp3) is 0.0714. The van der Waals surface area contributed by atoms with Gasteiger partial charge in [-0.2, -0.15) is 9.97 Å². The normalized spacial score (nSPS) is 18.9. The van der Waals surface area contributed by atoms with Gasteiger partial charge in [0.25, 0.3) is 0 Å². The Morgan fingerprint density at radius 2 is 1.40 bits per heavy atom. The summed E-state index contributed by atoms with van der Waals surface area (Å²) in [5, 5.41) is 0.394. The molecule has 3 heterocycles. The second-order valence-corrected chi connectivity index (χ2v) is 11.2. The van der Waals surface area contributed by atoms with Crippen LogP contribution in [0.15, 0.2) is 138 Å². The van der Waals surface area contributed by atoms with Gasteiger partial charge in [0, 0.05) is 46.3 Å². The number of hydrogen-bond acceptors (Lipinski definition) is 4. The van der Waals surface area contributed by atoms with Crippen LogP contribution in [0.1, 0.15) is 46.8 Å². The summed E-state index contributed by atoms with van der Waals surface area (Å²) in [5.41, 5.74) is -5.00. The van der Waals surface area contributed by atoms with Crippen LogP contribution in [0.25, 0.3) is 83.6 Å². The first-order valence-corrected chi connectivity index (χ1v) is 14.7. The van der Waals surface area contributed by atoms with Crippen molar-refractivity contribution < 1.29 is 26.3 Å². The summed E-state index contributed by atoms with van der Waals surface area (Å²) >= 11 is 0. The van der Waals surface area contributed by atoms with E-state index in [4.69, 9.17) is 35.8 Å². The van der Waals surface area contributed by atoms with E-state index in [1.807, 2.05) is 18.2 Å². The summed E-state index contributed by atoms with van der Waals surface area (Å²) in [6.07, 6.45) is 0. The van der Waals surface area contributed by atoms with Gasteiger partial charge in [0.1, 0.15) is 11.2 Å². The molecule has 0 radical (unpaired) electrons. The van der Waals surface area contributed by atoms with Gasteiger partial charge in [-0.25, -0.2) is 4.98 Å².